The Labute approximate surface area is 129 Å². The molecule has 0 aliphatic carbocycles. The third kappa shape index (κ3) is 4.27. The number of nitrogens with two attached hydrogens (primary N) is 1. The number of hydrogen-bond acceptors (Lipinski definition) is 2. The molecule has 112 valence electrons. The second-order valence-electron chi connectivity index (χ2n) is 4.90. The van der Waals surface area contributed by atoms with E-state index in [2.05, 4.69) is 0 Å². The first kappa shape index (κ1) is 16.0. The molecule has 0 aliphatic heterocycles. The maximum atomic E-state index is 13.2. The molecule has 4 heteroatoms. The van der Waals surface area contributed by atoms with Gasteiger partial charge in [-0.1, -0.05) is 48.0 Å². The van der Waals surface area contributed by atoms with E-state index in [1.807, 2.05) is 37.3 Å². The Morgan fingerprint density at radius 2 is 1.90 bits per heavy atom. The SMILES string of the molecule is CCOC(c1ccccc1)C(N)Cc1ccc(F)c(Cl)c1. The highest BCUT2D eigenvalue weighted by atomic mass is 35.5. The zero-order valence-corrected chi connectivity index (χ0v) is 12.7. The highest BCUT2D eigenvalue weighted by Gasteiger charge is 2.20. The van der Waals surface area contributed by atoms with Crippen LogP contribution in [0.25, 0.3) is 0 Å². The average Bonchev–Trinajstić information content (AvgIpc) is 2.49. The molecule has 0 aliphatic rings. The normalized spacial score (nSPS) is 13.9. The van der Waals surface area contributed by atoms with Gasteiger partial charge in [0.05, 0.1) is 11.1 Å². The molecule has 0 heterocycles. The zero-order valence-electron chi connectivity index (χ0n) is 11.9. The van der Waals surface area contributed by atoms with E-state index in [0.717, 1.165) is 11.1 Å². The van der Waals surface area contributed by atoms with Crippen LogP contribution in [0.4, 0.5) is 4.39 Å². The van der Waals surface area contributed by atoms with Crippen molar-refractivity contribution in [2.75, 3.05) is 6.61 Å². The second kappa shape index (κ2) is 7.55. The number of rotatable bonds is 6. The fraction of sp³-hybridized carbons (Fsp3) is 0.294. The van der Waals surface area contributed by atoms with Crippen LogP contribution in [0.1, 0.15) is 24.2 Å². The number of ether oxygens (including phenoxy) is 1. The van der Waals surface area contributed by atoms with Gasteiger partial charge in [0.2, 0.25) is 0 Å². The summed E-state index contributed by atoms with van der Waals surface area (Å²) in [7, 11) is 0. The number of halogens is 2. The molecule has 0 saturated heterocycles. The molecule has 2 aromatic carbocycles. The van der Waals surface area contributed by atoms with E-state index >= 15 is 0 Å². The lowest BCUT2D eigenvalue weighted by atomic mass is 9.96. The first-order chi connectivity index (χ1) is 10.1. The zero-order chi connectivity index (χ0) is 15.2. The van der Waals surface area contributed by atoms with Gasteiger partial charge in [-0.25, -0.2) is 4.39 Å². The Hall–Kier alpha value is -1.42. The van der Waals surface area contributed by atoms with Crippen LogP contribution in [0.3, 0.4) is 0 Å². The monoisotopic (exact) mass is 307 g/mol. The smallest absolute Gasteiger partial charge is 0.141 e. The molecule has 0 aromatic heterocycles. The third-order valence-corrected chi connectivity index (χ3v) is 3.61. The van der Waals surface area contributed by atoms with Crippen molar-refractivity contribution in [3.8, 4) is 0 Å². The molecule has 0 bridgehead atoms. The summed E-state index contributed by atoms with van der Waals surface area (Å²) in [5.74, 6) is -0.418. The van der Waals surface area contributed by atoms with E-state index in [1.165, 1.54) is 6.07 Å². The summed E-state index contributed by atoms with van der Waals surface area (Å²) in [6.45, 7) is 2.52. The predicted molar refractivity (Wildman–Crippen MR) is 83.9 cm³/mol. The Morgan fingerprint density at radius 3 is 2.52 bits per heavy atom. The van der Waals surface area contributed by atoms with Crippen LogP contribution in [-0.4, -0.2) is 12.6 Å². The number of benzene rings is 2. The molecule has 0 amide bonds. The molecular weight excluding hydrogens is 289 g/mol. The molecule has 2 rings (SSSR count). The van der Waals surface area contributed by atoms with Crippen molar-refractivity contribution in [2.45, 2.75) is 25.5 Å². The van der Waals surface area contributed by atoms with Crippen LogP contribution in [-0.2, 0) is 11.2 Å². The van der Waals surface area contributed by atoms with Crippen LogP contribution in [0.5, 0.6) is 0 Å². The molecule has 2 N–H and O–H groups in total. The fourth-order valence-electron chi connectivity index (χ4n) is 2.34. The van der Waals surface area contributed by atoms with Gasteiger partial charge in [0.15, 0.2) is 0 Å². The van der Waals surface area contributed by atoms with Gasteiger partial charge >= 0.3 is 0 Å². The van der Waals surface area contributed by atoms with Crippen LogP contribution < -0.4 is 5.73 Å². The predicted octanol–water partition coefficient (Wildman–Crippen LogP) is 4.13. The molecule has 2 aromatic rings. The van der Waals surface area contributed by atoms with E-state index < -0.39 is 5.82 Å². The van der Waals surface area contributed by atoms with Gasteiger partial charge in [-0.05, 0) is 36.6 Å². The Kier molecular flexibility index (Phi) is 5.74. The van der Waals surface area contributed by atoms with Crippen LogP contribution in [0, 0.1) is 5.82 Å². The molecule has 2 atom stereocenters. The fourth-order valence-corrected chi connectivity index (χ4v) is 2.54. The molecule has 0 radical (unpaired) electrons. The van der Waals surface area contributed by atoms with Gasteiger partial charge in [0, 0.05) is 12.6 Å². The Balaban J connectivity index is 2.15. The first-order valence-electron chi connectivity index (χ1n) is 6.98. The lowest BCUT2D eigenvalue weighted by Gasteiger charge is -2.24. The minimum atomic E-state index is -0.418. The minimum Gasteiger partial charge on any atom is -0.372 e. The average molecular weight is 308 g/mol. The summed E-state index contributed by atoms with van der Waals surface area (Å²) in [5, 5.41) is 0.118. The van der Waals surface area contributed by atoms with Crippen molar-refractivity contribution in [1.82, 2.24) is 0 Å². The standard InChI is InChI=1S/C17H19ClFNO/c1-2-21-17(13-6-4-3-5-7-13)16(20)11-12-8-9-15(19)14(18)10-12/h3-10,16-17H,2,11,20H2,1H3. The largest absolute Gasteiger partial charge is 0.372 e. The van der Waals surface area contributed by atoms with E-state index in [0.29, 0.717) is 13.0 Å². The molecule has 2 nitrogen and oxygen atoms in total. The first-order valence-corrected chi connectivity index (χ1v) is 7.35. The lowest BCUT2D eigenvalue weighted by Crippen LogP contribution is -2.32. The quantitative estimate of drug-likeness (QED) is 0.871. The van der Waals surface area contributed by atoms with Gasteiger partial charge in [-0.3, -0.25) is 0 Å². The van der Waals surface area contributed by atoms with Gasteiger partial charge < -0.3 is 10.5 Å². The van der Waals surface area contributed by atoms with Gasteiger partial charge in [0.25, 0.3) is 0 Å². The van der Waals surface area contributed by atoms with E-state index in [-0.39, 0.29) is 17.2 Å². The van der Waals surface area contributed by atoms with Crippen molar-refractivity contribution in [3.05, 3.63) is 70.5 Å². The summed E-state index contributed by atoms with van der Waals surface area (Å²) >= 11 is 5.81. The maximum Gasteiger partial charge on any atom is 0.141 e. The highest BCUT2D eigenvalue weighted by Crippen LogP contribution is 2.24. The second-order valence-corrected chi connectivity index (χ2v) is 5.31. The van der Waals surface area contributed by atoms with Crippen LogP contribution >= 0.6 is 11.6 Å². The molecule has 0 saturated carbocycles. The van der Waals surface area contributed by atoms with Gasteiger partial charge in [-0.2, -0.15) is 0 Å². The van der Waals surface area contributed by atoms with E-state index in [4.69, 9.17) is 22.1 Å². The molecule has 2 unspecified atom stereocenters. The maximum absolute atomic E-state index is 13.2. The van der Waals surface area contributed by atoms with Crippen molar-refractivity contribution in [2.24, 2.45) is 5.73 Å². The molecule has 0 spiro atoms. The van der Waals surface area contributed by atoms with Gasteiger partial charge in [-0.15, -0.1) is 0 Å². The van der Waals surface area contributed by atoms with Gasteiger partial charge in [0.1, 0.15) is 5.82 Å². The Bertz CT molecular complexity index is 576. The minimum absolute atomic E-state index is 0.118. The van der Waals surface area contributed by atoms with Crippen molar-refractivity contribution in [1.29, 1.82) is 0 Å². The van der Waals surface area contributed by atoms with Crippen LogP contribution in [0.2, 0.25) is 5.02 Å². The van der Waals surface area contributed by atoms with Crippen molar-refractivity contribution >= 4 is 11.6 Å². The summed E-state index contributed by atoms with van der Waals surface area (Å²) in [6, 6.07) is 14.3. The molecular formula is C17H19ClFNO. The molecule has 21 heavy (non-hydrogen) atoms. The van der Waals surface area contributed by atoms with Crippen molar-refractivity contribution < 1.29 is 9.13 Å². The third-order valence-electron chi connectivity index (χ3n) is 3.32. The topological polar surface area (TPSA) is 35.2 Å². The molecule has 0 fully saturated rings. The van der Waals surface area contributed by atoms with Crippen LogP contribution in [0.15, 0.2) is 48.5 Å². The number of hydrogen-bond donors (Lipinski definition) is 1. The summed E-state index contributed by atoms with van der Waals surface area (Å²) in [4.78, 5) is 0. The van der Waals surface area contributed by atoms with E-state index in [9.17, 15) is 4.39 Å². The lowest BCUT2D eigenvalue weighted by molar-refractivity contribution is 0.0433. The Morgan fingerprint density at radius 1 is 1.19 bits per heavy atom. The summed E-state index contributed by atoms with van der Waals surface area (Å²) in [6.07, 6.45) is 0.375. The van der Waals surface area contributed by atoms with Crippen molar-refractivity contribution in [3.63, 3.8) is 0 Å². The van der Waals surface area contributed by atoms with E-state index in [1.54, 1.807) is 12.1 Å². The summed E-state index contributed by atoms with van der Waals surface area (Å²) in [5.41, 5.74) is 8.23. The summed E-state index contributed by atoms with van der Waals surface area (Å²) < 4.78 is 19.0. The highest BCUT2D eigenvalue weighted by molar-refractivity contribution is 6.30.